The summed E-state index contributed by atoms with van der Waals surface area (Å²) in [4.78, 5) is 22.0. The lowest BCUT2D eigenvalue weighted by atomic mass is 9.79. The standard InChI is InChI=1S/C19H21N5O3S/c1-12-3-5-15(6-4-12)28(26,27)24-8-7-16-18(21-11-22-19(16)24)23(2)14-9-13(10-14)17(20)25/h3-8,11,13-14H,9-10H2,1-2H3,(H2,20,25)/t13-,14+. The van der Waals surface area contributed by atoms with Crippen LogP contribution in [-0.2, 0) is 14.8 Å². The van der Waals surface area contributed by atoms with Crippen molar-refractivity contribution >= 4 is 32.8 Å². The molecule has 0 radical (unpaired) electrons. The quantitative estimate of drug-likeness (QED) is 0.699. The zero-order valence-corrected chi connectivity index (χ0v) is 16.4. The predicted molar refractivity (Wildman–Crippen MR) is 105 cm³/mol. The summed E-state index contributed by atoms with van der Waals surface area (Å²) < 4.78 is 27.3. The molecular formula is C19H21N5O3S. The molecule has 0 bridgehead atoms. The van der Waals surface area contributed by atoms with Gasteiger partial charge in [0.25, 0.3) is 10.0 Å². The first-order valence-electron chi connectivity index (χ1n) is 8.95. The largest absolute Gasteiger partial charge is 0.369 e. The van der Waals surface area contributed by atoms with Crippen LogP contribution in [-0.4, -0.2) is 41.4 Å². The van der Waals surface area contributed by atoms with Crippen molar-refractivity contribution in [1.82, 2.24) is 13.9 Å². The summed E-state index contributed by atoms with van der Waals surface area (Å²) >= 11 is 0. The molecule has 9 heteroatoms. The van der Waals surface area contributed by atoms with E-state index >= 15 is 0 Å². The zero-order chi connectivity index (χ0) is 20.1. The molecule has 3 aromatic rings. The summed E-state index contributed by atoms with van der Waals surface area (Å²) in [7, 11) is -1.88. The molecule has 0 aliphatic heterocycles. The van der Waals surface area contributed by atoms with E-state index in [-0.39, 0.29) is 22.8 Å². The van der Waals surface area contributed by atoms with Gasteiger partial charge >= 0.3 is 0 Å². The van der Waals surface area contributed by atoms with Crippen LogP contribution < -0.4 is 10.6 Å². The van der Waals surface area contributed by atoms with Crippen molar-refractivity contribution in [2.45, 2.75) is 30.7 Å². The van der Waals surface area contributed by atoms with Gasteiger partial charge in [-0.25, -0.2) is 22.4 Å². The Balaban J connectivity index is 1.71. The van der Waals surface area contributed by atoms with Crippen LogP contribution in [0.1, 0.15) is 18.4 Å². The van der Waals surface area contributed by atoms with E-state index in [1.165, 1.54) is 16.5 Å². The van der Waals surface area contributed by atoms with Crippen LogP contribution in [0.4, 0.5) is 5.82 Å². The molecule has 0 spiro atoms. The predicted octanol–water partition coefficient (Wildman–Crippen LogP) is 1.68. The van der Waals surface area contributed by atoms with Gasteiger partial charge in [0.15, 0.2) is 5.65 Å². The van der Waals surface area contributed by atoms with Crippen molar-refractivity contribution in [3.8, 4) is 0 Å². The Hall–Kier alpha value is -2.94. The minimum atomic E-state index is -3.77. The van der Waals surface area contributed by atoms with Gasteiger partial charge in [-0.2, -0.15) is 0 Å². The van der Waals surface area contributed by atoms with Gasteiger partial charge < -0.3 is 10.6 Å². The highest BCUT2D eigenvalue weighted by atomic mass is 32.2. The van der Waals surface area contributed by atoms with Crippen LogP contribution in [0.3, 0.4) is 0 Å². The van der Waals surface area contributed by atoms with Gasteiger partial charge in [-0.3, -0.25) is 4.79 Å². The Morgan fingerprint density at radius 2 is 1.86 bits per heavy atom. The zero-order valence-electron chi connectivity index (χ0n) is 15.6. The summed E-state index contributed by atoms with van der Waals surface area (Å²) in [6.45, 7) is 1.90. The number of amides is 1. The first-order valence-corrected chi connectivity index (χ1v) is 10.4. The Labute approximate surface area is 163 Å². The summed E-state index contributed by atoms with van der Waals surface area (Å²) in [5, 5.41) is 0.642. The lowest BCUT2D eigenvalue weighted by Gasteiger charge is -2.40. The smallest absolute Gasteiger partial charge is 0.269 e. The Morgan fingerprint density at radius 3 is 2.50 bits per heavy atom. The summed E-state index contributed by atoms with van der Waals surface area (Å²) in [6, 6.07) is 8.54. The highest BCUT2D eigenvalue weighted by Gasteiger charge is 2.36. The second kappa shape index (κ2) is 6.59. The third-order valence-corrected chi connectivity index (χ3v) is 7.08. The summed E-state index contributed by atoms with van der Waals surface area (Å²) in [5.41, 5.74) is 6.66. The van der Waals surface area contributed by atoms with Gasteiger partial charge in [0, 0.05) is 25.2 Å². The van der Waals surface area contributed by atoms with Crippen molar-refractivity contribution in [2.75, 3.05) is 11.9 Å². The third kappa shape index (κ3) is 2.91. The maximum Gasteiger partial charge on any atom is 0.269 e. The monoisotopic (exact) mass is 399 g/mol. The molecule has 0 saturated heterocycles. The highest BCUT2D eigenvalue weighted by Crippen LogP contribution is 2.35. The number of fused-ring (bicyclic) bond motifs is 1. The molecule has 1 aliphatic carbocycles. The van der Waals surface area contributed by atoms with Crippen molar-refractivity contribution in [2.24, 2.45) is 11.7 Å². The molecule has 1 fully saturated rings. The van der Waals surface area contributed by atoms with Gasteiger partial charge in [-0.1, -0.05) is 17.7 Å². The second-order valence-corrected chi connectivity index (χ2v) is 9.01. The van der Waals surface area contributed by atoms with E-state index in [0.717, 1.165) is 5.56 Å². The molecule has 1 amide bonds. The third-order valence-electron chi connectivity index (χ3n) is 5.40. The number of nitrogens with zero attached hydrogens (tertiary/aromatic N) is 4. The van der Waals surface area contributed by atoms with Crippen LogP contribution in [0, 0.1) is 12.8 Å². The van der Waals surface area contributed by atoms with Gasteiger partial charge in [-0.15, -0.1) is 0 Å². The topological polar surface area (TPSA) is 111 Å². The molecule has 0 atom stereocenters. The Kier molecular flexibility index (Phi) is 4.34. The van der Waals surface area contributed by atoms with E-state index in [1.54, 1.807) is 30.3 Å². The van der Waals surface area contributed by atoms with E-state index < -0.39 is 10.0 Å². The molecule has 146 valence electrons. The molecule has 0 unspecified atom stereocenters. The maximum absolute atomic E-state index is 13.1. The first kappa shape index (κ1) is 18.4. The van der Waals surface area contributed by atoms with Crippen LogP contribution >= 0.6 is 0 Å². The molecule has 2 N–H and O–H groups in total. The van der Waals surface area contributed by atoms with Crippen molar-refractivity contribution in [3.63, 3.8) is 0 Å². The molecule has 8 nitrogen and oxygen atoms in total. The first-order chi connectivity index (χ1) is 13.3. The van der Waals surface area contributed by atoms with Gasteiger partial charge in [-0.05, 0) is 38.0 Å². The molecule has 1 aliphatic rings. The van der Waals surface area contributed by atoms with E-state index in [1.807, 2.05) is 18.9 Å². The number of hydrogen-bond donors (Lipinski definition) is 1. The molecular weight excluding hydrogens is 378 g/mol. The Bertz CT molecular complexity index is 1150. The number of rotatable bonds is 5. The van der Waals surface area contributed by atoms with Crippen LogP contribution in [0.25, 0.3) is 11.0 Å². The summed E-state index contributed by atoms with van der Waals surface area (Å²) in [6.07, 6.45) is 4.19. The second-order valence-electron chi connectivity index (χ2n) is 7.20. The number of hydrogen-bond acceptors (Lipinski definition) is 6. The fourth-order valence-corrected chi connectivity index (χ4v) is 4.82. The number of carbonyl (C=O) groups is 1. The van der Waals surface area contributed by atoms with Gasteiger partial charge in [0.05, 0.1) is 10.3 Å². The highest BCUT2D eigenvalue weighted by molar-refractivity contribution is 7.90. The van der Waals surface area contributed by atoms with Gasteiger partial charge in [0.2, 0.25) is 5.91 Å². The van der Waals surface area contributed by atoms with Crippen LogP contribution in [0.15, 0.2) is 47.8 Å². The lowest BCUT2D eigenvalue weighted by Crippen LogP contribution is -2.47. The number of carbonyl (C=O) groups excluding carboxylic acids is 1. The molecule has 4 rings (SSSR count). The van der Waals surface area contributed by atoms with E-state index in [4.69, 9.17) is 5.73 Å². The number of primary amides is 1. The average Bonchev–Trinajstić information content (AvgIpc) is 3.05. The van der Waals surface area contributed by atoms with E-state index in [2.05, 4.69) is 9.97 Å². The average molecular weight is 399 g/mol. The van der Waals surface area contributed by atoms with E-state index in [0.29, 0.717) is 29.7 Å². The number of benzene rings is 1. The van der Waals surface area contributed by atoms with Crippen molar-refractivity contribution < 1.29 is 13.2 Å². The molecule has 2 aromatic heterocycles. The number of aromatic nitrogens is 3. The number of nitrogens with two attached hydrogens (primary N) is 1. The number of anilines is 1. The van der Waals surface area contributed by atoms with Crippen LogP contribution in [0.2, 0.25) is 0 Å². The minimum absolute atomic E-state index is 0.115. The van der Waals surface area contributed by atoms with Crippen molar-refractivity contribution in [1.29, 1.82) is 0 Å². The molecule has 1 saturated carbocycles. The normalized spacial score (nSPS) is 19.4. The van der Waals surface area contributed by atoms with Gasteiger partial charge in [0.1, 0.15) is 12.1 Å². The van der Waals surface area contributed by atoms with E-state index in [9.17, 15) is 13.2 Å². The minimum Gasteiger partial charge on any atom is -0.369 e. The maximum atomic E-state index is 13.1. The molecule has 1 aromatic carbocycles. The fraction of sp³-hybridized carbons (Fsp3) is 0.316. The Morgan fingerprint density at radius 1 is 1.18 bits per heavy atom. The fourth-order valence-electron chi connectivity index (χ4n) is 3.52. The molecule has 28 heavy (non-hydrogen) atoms. The lowest BCUT2D eigenvalue weighted by molar-refractivity contribution is -0.124. The SMILES string of the molecule is Cc1ccc(S(=O)(=O)n2ccc3c(N(C)[C@H]4C[C@@H](C(N)=O)C4)ncnc32)cc1. The van der Waals surface area contributed by atoms with Crippen molar-refractivity contribution in [3.05, 3.63) is 48.4 Å². The summed E-state index contributed by atoms with van der Waals surface area (Å²) in [5.74, 6) is 0.236. The molecule has 2 heterocycles. The number of aryl methyl sites for hydroxylation is 1. The van der Waals surface area contributed by atoms with Crippen LogP contribution in [0.5, 0.6) is 0 Å².